The van der Waals surface area contributed by atoms with Crippen LogP contribution in [0.25, 0.3) is 0 Å². The number of benzene rings is 2. The quantitative estimate of drug-likeness (QED) is 0.478. The van der Waals surface area contributed by atoms with Gasteiger partial charge < -0.3 is 19.5 Å². The number of aromatic hydroxyl groups is 1. The van der Waals surface area contributed by atoms with Crippen LogP contribution in [0, 0.1) is 22.2 Å². The Kier molecular flexibility index (Phi) is 5.31. The predicted molar refractivity (Wildman–Crippen MR) is 131 cm³/mol. The van der Waals surface area contributed by atoms with Gasteiger partial charge in [0.15, 0.2) is 0 Å². The summed E-state index contributed by atoms with van der Waals surface area (Å²) in [4.78, 5) is 7.04. The van der Waals surface area contributed by atoms with Crippen molar-refractivity contribution >= 4 is 6.34 Å². The van der Waals surface area contributed by atoms with Gasteiger partial charge in [0.25, 0.3) is 0 Å². The van der Waals surface area contributed by atoms with Gasteiger partial charge in [-0.3, -0.25) is 0 Å². The molecule has 3 unspecified atom stereocenters. The number of methoxy groups -OCH3 is 1. The molecule has 0 amide bonds. The van der Waals surface area contributed by atoms with Gasteiger partial charge >= 0.3 is 0 Å². The van der Waals surface area contributed by atoms with Crippen molar-refractivity contribution in [3.05, 3.63) is 65.0 Å². The second-order valence-corrected chi connectivity index (χ2v) is 11.0. The molecule has 1 aliphatic carbocycles. The summed E-state index contributed by atoms with van der Waals surface area (Å²) in [5, 5.41) is 20.3. The Hall–Kier alpha value is -3.46. The van der Waals surface area contributed by atoms with E-state index in [-0.39, 0.29) is 23.0 Å². The van der Waals surface area contributed by atoms with Crippen LogP contribution in [-0.4, -0.2) is 36.0 Å². The largest absolute Gasteiger partial charge is 0.508 e. The first-order valence-corrected chi connectivity index (χ1v) is 11.8. The Morgan fingerprint density at radius 3 is 2.65 bits per heavy atom. The van der Waals surface area contributed by atoms with Crippen LogP contribution in [0.4, 0.5) is 0 Å². The molecule has 2 heterocycles. The molecular weight excluding hydrogens is 426 g/mol. The Bertz CT molecular complexity index is 1210. The number of fused-ring (bicyclic) bond motifs is 3. The van der Waals surface area contributed by atoms with E-state index < -0.39 is 0 Å². The molecule has 1 saturated carbocycles. The zero-order valence-corrected chi connectivity index (χ0v) is 20.2. The van der Waals surface area contributed by atoms with Crippen molar-refractivity contribution in [2.75, 3.05) is 13.7 Å². The molecule has 3 atom stereocenters. The summed E-state index contributed by atoms with van der Waals surface area (Å²) in [5.74, 6) is 1.31. The number of rotatable bonds is 4. The van der Waals surface area contributed by atoms with E-state index >= 15 is 0 Å². The number of hydrogen-bond donors (Lipinski definition) is 1. The minimum Gasteiger partial charge on any atom is -0.508 e. The van der Waals surface area contributed by atoms with Gasteiger partial charge in [0, 0.05) is 24.2 Å². The highest BCUT2D eigenvalue weighted by Gasteiger charge is 2.49. The summed E-state index contributed by atoms with van der Waals surface area (Å²) in [6.07, 6.45) is 5.36. The summed E-state index contributed by atoms with van der Waals surface area (Å²) >= 11 is 0. The Morgan fingerprint density at radius 2 is 1.94 bits per heavy atom. The van der Waals surface area contributed by atoms with Gasteiger partial charge in [-0.15, -0.1) is 0 Å². The van der Waals surface area contributed by atoms with Crippen LogP contribution in [0.15, 0.2) is 58.9 Å². The molecule has 2 aromatic rings. The molecule has 34 heavy (non-hydrogen) atoms. The monoisotopic (exact) mass is 457 g/mol. The first-order valence-electron chi connectivity index (χ1n) is 11.8. The molecule has 5 rings (SSSR count). The van der Waals surface area contributed by atoms with Crippen molar-refractivity contribution < 1.29 is 14.6 Å². The molecule has 3 aliphatic rings. The van der Waals surface area contributed by atoms with E-state index in [4.69, 9.17) is 14.5 Å². The molecular formula is C28H31N3O3. The lowest BCUT2D eigenvalue weighted by atomic mass is 9.65. The van der Waals surface area contributed by atoms with E-state index in [9.17, 15) is 10.4 Å². The topological polar surface area (TPSA) is 78.1 Å². The molecule has 2 fully saturated rings. The highest BCUT2D eigenvalue weighted by atomic mass is 16.5. The fraction of sp³-hybridized carbons (Fsp3) is 0.429. The van der Waals surface area contributed by atoms with Gasteiger partial charge in [-0.05, 0) is 53.9 Å². The molecule has 2 bridgehead atoms. The van der Waals surface area contributed by atoms with E-state index in [1.54, 1.807) is 19.2 Å². The lowest BCUT2D eigenvalue weighted by molar-refractivity contribution is 0.133. The highest BCUT2D eigenvalue weighted by molar-refractivity contribution is 5.62. The molecule has 176 valence electrons. The lowest BCUT2D eigenvalue weighted by Crippen LogP contribution is -2.34. The number of nitriles is 1. The summed E-state index contributed by atoms with van der Waals surface area (Å²) < 4.78 is 11.4. The van der Waals surface area contributed by atoms with Crippen LogP contribution in [0.1, 0.15) is 57.1 Å². The van der Waals surface area contributed by atoms with Crippen molar-refractivity contribution in [2.45, 2.75) is 52.0 Å². The zero-order chi connectivity index (χ0) is 24.1. The molecule has 6 heteroatoms. The molecule has 0 spiro atoms. The average molecular weight is 458 g/mol. The SMILES string of the molecule is COc1ccc(C2C(C#N)=C(N=CN3CC4(C)CC3CC(C)(C)C4)Oc3cc(O)ccc32)cc1. The maximum absolute atomic E-state index is 10.2. The van der Waals surface area contributed by atoms with E-state index in [1.807, 2.05) is 36.7 Å². The first-order chi connectivity index (χ1) is 16.2. The molecule has 6 nitrogen and oxygen atoms in total. The number of allylic oxidation sites excluding steroid dienone is 1. The normalized spacial score (nSPS) is 27.3. The fourth-order valence-electron chi connectivity index (χ4n) is 6.40. The number of likely N-dealkylation sites (tertiary alicyclic amines) is 1. The standard InChI is InChI=1S/C28H31N3O3/c1-27(2)12-19-13-28(3,15-27)16-31(19)17-30-26-23(14-29)25(18-5-8-21(33-4)9-6-18)22-10-7-20(32)11-24(22)34-26/h5-11,17,19,25,32H,12-13,15-16H2,1-4H3. The maximum atomic E-state index is 10.2. The third-order valence-corrected chi connectivity index (χ3v) is 7.38. The minimum atomic E-state index is -0.346. The number of phenolic OH excluding ortho intramolecular Hbond substituents is 1. The number of hydrogen-bond acceptors (Lipinski definition) is 5. The van der Waals surface area contributed by atoms with Crippen LogP contribution >= 0.6 is 0 Å². The van der Waals surface area contributed by atoms with E-state index in [0.29, 0.717) is 22.8 Å². The van der Waals surface area contributed by atoms with Crippen LogP contribution in [0.5, 0.6) is 17.2 Å². The number of nitrogens with zero attached hydrogens (tertiary/aromatic N) is 3. The number of aliphatic imine (C=N–C) groups is 1. The van der Waals surface area contributed by atoms with E-state index in [0.717, 1.165) is 29.8 Å². The fourth-order valence-corrected chi connectivity index (χ4v) is 6.40. The van der Waals surface area contributed by atoms with E-state index in [1.165, 1.54) is 12.8 Å². The predicted octanol–water partition coefficient (Wildman–Crippen LogP) is 5.59. The van der Waals surface area contributed by atoms with Crippen LogP contribution in [-0.2, 0) is 0 Å². The van der Waals surface area contributed by atoms with Gasteiger partial charge in [-0.25, -0.2) is 4.99 Å². The van der Waals surface area contributed by atoms with Crippen LogP contribution in [0.3, 0.4) is 0 Å². The summed E-state index contributed by atoms with van der Waals surface area (Å²) in [7, 11) is 1.63. The number of phenols is 1. The van der Waals surface area contributed by atoms with Crippen LogP contribution < -0.4 is 9.47 Å². The molecule has 1 saturated heterocycles. The molecule has 2 aliphatic heterocycles. The van der Waals surface area contributed by atoms with Crippen molar-refractivity contribution in [2.24, 2.45) is 15.8 Å². The second kappa shape index (κ2) is 8.09. The van der Waals surface area contributed by atoms with Gasteiger partial charge in [0.05, 0.1) is 19.4 Å². The maximum Gasteiger partial charge on any atom is 0.235 e. The van der Waals surface area contributed by atoms with Gasteiger partial charge in [-0.1, -0.05) is 39.0 Å². The van der Waals surface area contributed by atoms with Crippen molar-refractivity contribution in [1.29, 1.82) is 5.26 Å². The Labute approximate surface area is 201 Å². The van der Waals surface area contributed by atoms with E-state index in [2.05, 4.69) is 31.7 Å². The molecule has 0 aromatic heterocycles. The summed E-state index contributed by atoms with van der Waals surface area (Å²) in [5.41, 5.74) is 2.81. The smallest absolute Gasteiger partial charge is 0.235 e. The van der Waals surface area contributed by atoms with Crippen molar-refractivity contribution in [3.63, 3.8) is 0 Å². The first kappa shape index (κ1) is 22.3. The van der Waals surface area contributed by atoms with Crippen LogP contribution in [0.2, 0.25) is 0 Å². The summed E-state index contributed by atoms with van der Waals surface area (Å²) in [6.45, 7) is 8.02. The lowest BCUT2D eigenvalue weighted by Gasteiger charge is -2.39. The molecule has 1 N–H and O–H groups in total. The zero-order valence-electron chi connectivity index (χ0n) is 20.2. The Balaban J connectivity index is 1.53. The van der Waals surface area contributed by atoms with Crippen molar-refractivity contribution in [3.8, 4) is 23.3 Å². The minimum absolute atomic E-state index is 0.111. The molecule has 2 aromatic carbocycles. The Morgan fingerprint density at radius 1 is 1.18 bits per heavy atom. The third kappa shape index (κ3) is 4.00. The third-order valence-electron chi connectivity index (χ3n) is 7.38. The summed E-state index contributed by atoms with van der Waals surface area (Å²) in [6, 6.07) is 15.5. The molecule has 0 radical (unpaired) electrons. The van der Waals surface area contributed by atoms with Gasteiger partial charge in [0.1, 0.15) is 28.9 Å². The van der Waals surface area contributed by atoms with Gasteiger partial charge in [-0.2, -0.15) is 5.26 Å². The second-order valence-electron chi connectivity index (χ2n) is 11.0. The van der Waals surface area contributed by atoms with Gasteiger partial charge in [0.2, 0.25) is 5.88 Å². The highest BCUT2D eigenvalue weighted by Crippen LogP contribution is 2.52. The average Bonchev–Trinajstić information content (AvgIpc) is 3.04. The van der Waals surface area contributed by atoms with Crippen molar-refractivity contribution in [1.82, 2.24) is 4.90 Å². The number of ether oxygens (including phenoxy) is 2.